The predicted molar refractivity (Wildman–Crippen MR) is 172 cm³/mol. The van der Waals surface area contributed by atoms with Crippen molar-refractivity contribution in [1.29, 1.82) is 0 Å². The zero-order chi connectivity index (χ0) is 30.5. The van der Waals surface area contributed by atoms with Gasteiger partial charge in [-0.05, 0) is 23.3 Å². The second-order valence-electron chi connectivity index (χ2n) is 10.8. The number of nitrogens with zero attached hydrogens (tertiary/aromatic N) is 1. The fourth-order valence-corrected chi connectivity index (χ4v) is 6.32. The van der Waals surface area contributed by atoms with Gasteiger partial charge >= 0.3 is 0 Å². The first-order chi connectivity index (χ1) is 21.5. The number of aliphatic hydroxyl groups excluding tert-OH is 1. The van der Waals surface area contributed by atoms with Crippen LogP contribution in [-0.2, 0) is 20.9 Å². The molecule has 1 saturated heterocycles. The van der Waals surface area contributed by atoms with Gasteiger partial charge in [0.1, 0.15) is 5.69 Å². The minimum Gasteiger partial charge on any atom is -0.431 e. The molecule has 1 aliphatic heterocycles. The second-order valence-corrected chi connectivity index (χ2v) is 11.8. The monoisotopic (exact) mass is 606 g/mol. The summed E-state index contributed by atoms with van der Waals surface area (Å²) in [5, 5.41) is 12.9. The molecule has 0 bridgehead atoms. The highest BCUT2D eigenvalue weighted by Crippen LogP contribution is 2.44. The molecule has 1 amide bonds. The van der Waals surface area contributed by atoms with Crippen LogP contribution in [-0.4, -0.2) is 27.9 Å². The Labute approximate surface area is 261 Å². The molecule has 6 rings (SSSR count). The van der Waals surface area contributed by atoms with Gasteiger partial charge in [0, 0.05) is 41.0 Å². The number of hydrogen-bond acceptors (Lipinski definition) is 7. The highest BCUT2D eigenvalue weighted by molar-refractivity contribution is 7.99. The molecule has 0 unspecified atom stereocenters. The molecule has 4 atom stereocenters. The van der Waals surface area contributed by atoms with E-state index in [1.165, 1.54) is 18.7 Å². The van der Waals surface area contributed by atoms with E-state index in [1.807, 2.05) is 109 Å². The summed E-state index contributed by atoms with van der Waals surface area (Å²) in [5.74, 6) is 1.21. The van der Waals surface area contributed by atoms with Crippen LogP contribution in [0.5, 0.6) is 0 Å². The zero-order valence-electron chi connectivity index (χ0n) is 24.6. The molecular formula is C36H34N2O5S. The van der Waals surface area contributed by atoms with E-state index < -0.39 is 6.29 Å². The molecule has 224 valence electrons. The van der Waals surface area contributed by atoms with E-state index in [1.54, 1.807) is 0 Å². The molecule has 0 spiro atoms. The third-order valence-corrected chi connectivity index (χ3v) is 8.61. The van der Waals surface area contributed by atoms with Crippen LogP contribution in [0.2, 0.25) is 0 Å². The van der Waals surface area contributed by atoms with Gasteiger partial charge in [0.25, 0.3) is 5.22 Å². The first kappa shape index (κ1) is 29.8. The van der Waals surface area contributed by atoms with Crippen molar-refractivity contribution in [2.45, 2.75) is 44.2 Å². The second kappa shape index (κ2) is 13.6. The van der Waals surface area contributed by atoms with Crippen LogP contribution in [0.1, 0.15) is 42.9 Å². The number of oxazole rings is 1. The maximum Gasteiger partial charge on any atom is 0.256 e. The lowest BCUT2D eigenvalue weighted by Crippen LogP contribution is -2.38. The van der Waals surface area contributed by atoms with Gasteiger partial charge in [-0.1, -0.05) is 116 Å². The Kier molecular flexibility index (Phi) is 9.23. The normalized spacial score (nSPS) is 19.9. The molecule has 4 aromatic carbocycles. The van der Waals surface area contributed by atoms with Gasteiger partial charge in [-0.3, -0.25) is 4.79 Å². The molecule has 1 aliphatic rings. The Morgan fingerprint density at radius 3 is 2.11 bits per heavy atom. The van der Waals surface area contributed by atoms with Crippen LogP contribution in [0.3, 0.4) is 0 Å². The van der Waals surface area contributed by atoms with E-state index in [4.69, 9.17) is 18.9 Å². The van der Waals surface area contributed by atoms with Crippen molar-refractivity contribution in [3.05, 3.63) is 126 Å². The number of carbonyl (C=O) groups is 1. The van der Waals surface area contributed by atoms with Crippen molar-refractivity contribution in [3.8, 4) is 22.6 Å². The number of rotatable bonds is 9. The first-order valence-electron chi connectivity index (χ1n) is 14.6. The molecule has 1 aromatic heterocycles. The number of thioether (sulfide) groups is 1. The highest BCUT2D eigenvalue weighted by Gasteiger charge is 2.38. The molecule has 0 radical (unpaired) electrons. The van der Waals surface area contributed by atoms with Crippen molar-refractivity contribution < 1.29 is 23.8 Å². The van der Waals surface area contributed by atoms with Gasteiger partial charge in [-0.25, -0.2) is 4.98 Å². The molecule has 44 heavy (non-hydrogen) atoms. The topological polar surface area (TPSA) is 93.8 Å². The molecule has 2 heterocycles. The number of benzene rings is 4. The Bertz CT molecular complexity index is 1620. The van der Waals surface area contributed by atoms with Crippen molar-refractivity contribution in [3.63, 3.8) is 0 Å². The van der Waals surface area contributed by atoms with Gasteiger partial charge in [-0.15, -0.1) is 0 Å². The Balaban J connectivity index is 1.27. The summed E-state index contributed by atoms with van der Waals surface area (Å²) in [5.41, 5.74) is 6.19. The number of aliphatic hydroxyl groups is 1. The highest BCUT2D eigenvalue weighted by atomic mass is 32.2. The van der Waals surface area contributed by atoms with Crippen LogP contribution in [0.25, 0.3) is 22.6 Å². The Morgan fingerprint density at radius 2 is 1.48 bits per heavy atom. The van der Waals surface area contributed by atoms with Gasteiger partial charge in [0.2, 0.25) is 5.91 Å². The lowest BCUT2D eigenvalue weighted by Gasteiger charge is -2.41. The van der Waals surface area contributed by atoms with Crippen molar-refractivity contribution in [2.24, 2.45) is 5.92 Å². The number of hydrogen-bond donors (Lipinski definition) is 2. The summed E-state index contributed by atoms with van der Waals surface area (Å²) in [6.07, 6.45) is -1.05. The fourth-order valence-electron chi connectivity index (χ4n) is 5.33. The average Bonchev–Trinajstić information content (AvgIpc) is 3.50. The standard InChI is InChI=1S/C36H34N2O5S/c1-23-31(22-44-36-38-32(26-9-5-3-6-10-26)34(43-36)27-11-7-4-8-12-27)41-35(29-17-19-30(20-18-29)37-24(2)40)42-33(23)28-15-13-25(21-39)14-16-28/h3-20,23,31,33,35,39H,21-22H2,1-2H3,(H,37,40)/t23-,31+,33+,35+/m0/s1. The summed E-state index contributed by atoms with van der Waals surface area (Å²) >= 11 is 1.53. The number of ether oxygens (including phenoxy) is 2. The van der Waals surface area contributed by atoms with E-state index in [0.717, 1.165) is 39.3 Å². The molecule has 1 fully saturated rings. The summed E-state index contributed by atoms with van der Waals surface area (Å²) < 4.78 is 19.5. The minimum absolute atomic E-state index is 0.00882. The van der Waals surface area contributed by atoms with Crippen molar-refractivity contribution in [2.75, 3.05) is 11.1 Å². The van der Waals surface area contributed by atoms with Gasteiger partial charge in [-0.2, -0.15) is 0 Å². The van der Waals surface area contributed by atoms with Crippen molar-refractivity contribution >= 4 is 23.4 Å². The molecular weight excluding hydrogens is 572 g/mol. The van der Waals surface area contributed by atoms with E-state index in [9.17, 15) is 9.90 Å². The SMILES string of the molecule is CC(=O)Nc1ccc([C@@H]2O[C@H](CSc3nc(-c4ccccc4)c(-c4ccccc4)o3)[C@H](C)[C@H](c3ccc(CO)cc3)O2)cc1. The average molecular weight is 607 g/mol. The van der Waals surface area contributed by atoms with E-state index in [0.29, 0.717) is 16.7 Å². The Hall–Kier alpha value is -4.21. The predicted octanol–water partition coefficient (Wildman–Crippen LogP) is 8.04. The largest absolute Gasteiger partial charge is 0.431 e. The number of amides is 1. The zero-order valence-corrected chi connectivity index (χ0v) is 25.4. The molecule has 8 heteroatoms. The van der Waals surface area contributed by atoms with Crippen LogP contribution in [0.4, 0.5) is 5.69 Å². The lowest BCUT2D eigenvalue weighted by atomic mass is 9.91. The number of nitrogens with one attached hydrogen (secondary N) is 1. The van der Waals surface area contributed by atoms with Crippen LogP contribution >= 0.6 is 11.8 Å². The van der Waals surface area contributed by atoms with Gasteiger partial charge < -0.3 is 24.3 Å². The summed E-state index contributed by atoms with van der Waals surface area (Å²) in [6, 6.07) is 35.5. The van der Waals surface area contributed by atoms with E-state index >= 15 is 0 Å². The maximum absolute atomic E-state index is 11.5. The summed E-state index contributed by atoms with van der Waals surface area (Å²) in [6.45, 7) is 3.60. The molecule has 0 saturated carbocycles. The quantitative estimate of drug-likeness (QED) is 0.164. The Morgan fingerprint density at radius 1 is 0.841 bits per heavy atom. The van der Waals surface area contributed by atoms with E-state index in [2.05, 4.69) is 12.2 Å². The van der Waals surface area contributed by atoms with Gasteiger partial charge in [0.15, 0.2) is 12.1 Å². The van der Waals surface area contributed by atoms with Crippen LogP contribution in [0.15, 0.2) is 119 Å². The number of anilines is 1. The molecule has 0 aliphatic carbocycles. The molecule has 5 aromatic rings. The van der Waals surface area contributed by atoms with Crippen LogP contribution < -0.4 is 5.32 Å². The number of aromatic nitrogens is 1. The minimum atomic E-state index is -0.616. The lowest BCUT2D eigenvalue weighted by molar-refractivity contribution is -0.268. The molecule has 2 N–H and O–H groups in total. The first-order valence-corrected chi connectivity index (χ1v) is 15.6. The fraction of sp³-hybridized carbons (Fsp3) is 0.222. The molecule has 7 nitrogen and oxygen atoms in total. The summed E-state index contributed by atoms with van der Waals surface area (Å²) in [7, 11) is 0. The van der Waals surface area contributed by atoms with E-state index in [-0.39, 0.29) is 30.6 Å². The third kappa shape index (κ3) is 6.79. The van der Waals surface area contributed by atoms with Gasteiger partial charge in [0.05, 0.1) is 18.8 Å². The van der Waals surface area contributed by atoms with Crippen LogP contribution in [0, 0.1) is 5.92 Å². The summed E-state index contributed by atoms with van der Waals surface area (Å²) in [4.78, 5) is 16.4. The van der Waals surface area contributed by atoms with Crippen molar-refractivity contribution in [1.82, 2.24) is 4.98 Å². The third-order valence-electron chi connectivity index (χ3n) is 7.69. The smallest absolute Gasteiger partial charge is 0.256 e. The number of carbonyl (C=O) groups excluding carboxylic acids is 1. The maximum atomic E-state index is 11.5.